The summed E-state index contributed by atoms with van der Waals surface area (Å²) in [6.07, 6.45) is 2.88. The number of amides is 3. The van der Waals surface area contributed by atoms with Crippen molar-refractivity contribution in [1.82, 2.24) is 15.5 Å². The predicted octanol–water partition coefficient (Wildman–Crippen LogP) is -0.0126. The number of unbranched alkanes of at least 4 members (excludes halogenated alkanes) is 1. The van der Waals surface area contributed by atoms with Crippen LogP contribution in [0, 0.1) is 0 Å². The number of ketones is 1. The lowest BCUT2D eigenvalue weighted by molar-refractivity contribution is -0.144. The van der Waals surface area contributed by atoms with Crippen LogP contribution in [0.3, 0.4) is 0 Å². The topological polar surface area (TPSA) is 95.6 Å². The van der Waals surface area contributed by atoms with Gasteiger partial charge in [-0.25, -0.2) is 0 Å². The van der Waals surface area contributed by atoms with Gasteiger partial charge in [0.2, 0.25) is 17.7 Å². The Morgan fingerprint density at radius 2 is 1.36 bits per heavy atom. The number of carbonyl (C=O) groups excluding carboxylic acids is 4. The summed E-state index contributed by atoms with van der Waals surface area (Å²) < 4.78 is 0. The van der Waals surface area contributed by atoms with Crippen molar-refractivity contribution in [3.8, 4) is 0 Å². The van der Waals surface area contributed by atoms with Crippen LogP contribution in [-0.2, 0) is 19.2 Å². The fraction of sp³-hybridized carbons (Fsp3) is 0.733. The normalized spacial score (nSPS) is 20.6. The molecule has 0 saturated carbocycles. The molecule has 0 aromatic carbocycles. The van der Waals surface area contributed by atoms with Crippen LogP contribution in [0.25, 0.3) is 0 Å². The highest BCUT2D eigenvalue weighted by Gasteiger charge is 2.43. The summed E-state index contributed by atoms with van der Waals surface area (Å²) in [5.41, 5.74) is 0. The molecule has 0 spiro atoms. The van der Waals surface area contributed by atoms with E-state index in [4.69, 9.17) is 0 Å². The Labute approximate surface area is 130 Å². The second-order valence-electron chi connectivity index (χ2n) is 5.55. The fourth-order valence-electron chi connectivity index (χ4n) is 2.79. The van der Waals surface area contributed by atoms with E-state index in [2.05, 4.69) is 10.6 Å². The van der Waals surface area contributed by atoms with Gasteiger partial charge in [-0.3, -0.25) is 14.4 Å². The van der Waals surface area contributed by atoms with E-state index in [-0.39, 0.29) is 29.9 Å². The standard InChI is InChI=1S/C15H25N3O4/c1-10(19)6-4-5-7-13(20)18-11(14(21)16-2)8-9-12(18)15(22)17-3/h11-12H,4-9H2,1-3H3,(H,16,21)(H,17,22)/t11-,12?/m0/s1. The van der Waals surface area contributed by atoms with Gasteiger partial charge in [0.25, 0.3) is 0 Å². The van der Waals surface area contributed by atoms with Crippen LogP contribution in [-0.4, -0.2) is 54.6 Å². The molecule has 1 heterocycles. The summed E-state index contributed by atoms with van der Waals surface area (Å²) in [5.74, 6) is -0.602. The van der Waals surface area contributed by atoms with Gasteiger partial charge in [-0.1, -0.05) is 0 Å². The van der Waals surface area contributed by atoms with E-state index in [0.29, 0.717) is 32.1 Å². The van der Waals surface area contributed by atoms with Crippen LogP contribution < -0.4 is 10.6 Å². The molecule has 7 heteroatoms. The predicted molar refractivity (Wildman–Crippen MR) is 80.9 cm³/mol. The molecule has 7 nitrogen and oxygen atoms in total. The van der Waals surface area contributed by atoms with Crippen molar-refractivity contribution in [2.45, 2.75) is 57.5 Å². The number of likely N-dealkylation sites (tertiary alicyclic amines) is 1. The van der Waals surface area contributed by atoms with Crippen LogP contribution >= 0.6 is 0 Å². The summed E-state index contributed by atoms with van der Waals surface area (Å²) in [5, 5.41) is 5.08. The van der Waals surface area contributed by atoms with Crippen molar-refractivity contribution in [1.29, 1.82) is 0 Å². The number of nitrogens with one attached hydrogen (secondary N) is 2. The quantitative estimate of drug-likeness (QED) is 0.646. The van der Waals surface area contributed by atoms with Crippen molar-refractivity contribution < 1.29 is 19.2 Å². The summed E-state index contributed by atoms with van der Waals surface area (Å²) >= 11 is 0. The third kappa shape index (κ3) is 4.54. The molecule has 1 fully saturated rings. The minimum absolute atomic E-state index is 0.0973. The van der Waals surface area contributed by atoms with Gasteiger partial charge in [0.05, 0.1) is 0 Å². The van der Waals surface area contributed by atoms with E-state index in [0.717, 1.165) is 0 Å². The Bertz CT molecular complexity index is 426. The SMILES string of the molecule is CNC(=O)C1CC[C@@H](C(=O)NC)N1C(=O)CCCCC(C)=O. The van der Waals surface area contributed by atoms with E-state index in [1.165, 1.54) is 25.9 Å². The number of rotatable bonds is 7. The zero-order chi connectivity index (χ0) is 16.7. The van der Waals surface area contributed by atoms with Gasteiger partial charge >= 0.3 is 0 Å². The molecule has 3 amide bonds. The lowest BCUT2D eigenvalue weighted by Gasteiger charge is -2.28. The first-order chi connectivity index (χ1) is 10.4. The van der Waals surface area contributed by atoms with Crippen molar-refractivity contribution >= 4 is 23.5 Å². The number of hydrogen-bond donors (Lipinski definition) is 2. The molecule has 0 radical (unpaired) electrons. The van der Waals surface area contributed by atoms with Gasteiger partial charge < -0.3 is 20.3 Å². The Morgan fingerprint density at radius 3 is 1.77 bits per heavy atom. The highest BCUT2D eigenvalue weighted by Crippen LogP contribution is 2.26. The molecule has 2 atom stereocenters. The zero-order valence-electron chi connectivity index (χ0n) is 13.5. The molecular weight excluding hydrogens is 286 g/mol. The highest BCUT2D eigenvalue weighted by atomic mass is 16.2. The lowest BCUT2D eigenvalue weighted by atomic mass is 10.1. The van der Waals surface area contributed by atoms with E-state index < -0.39 is 12.1 Å². The van der Waals surface area contributed by atoms with Gasteiger partial charge in [-0.2, -0.15) is 0 Å². The molecule has 1 unspecified atom stereocenters. The molecule has 1 rings (SSSR count). The summed E-state index contributed by atoms with van der Waals surface area (Å²) in [6.45, 7) is 1.52. The summed E-state index contributed by atoms with van der Waals surface area (Å²) in [4.78, 5) is 48.6. The van der Waals surface area contributed by atoms with Crippen molar-refractivity contribution in [2.24, 2.45) is 0 Å². The van der Waals surface area contributed by atoms with Crippen LogP contribution in [0.5, 0.6) is 0 Å². The maximum atomic E-state index is 12.4. The van der Waals surface area contributed by atoms with Gasteiger partial charge in [0.15, 0.2) is 0 Å². The van der Waals surface area contributed by atoms with Crippen LogP contribution in [0.4, 0.5) is 0 Å². The smallest absolute Gasteiger partial charge is 0.242 e. The first kappa shape index (κ1) is 18.1. The number of hydrogen-bond acceptors (Lipinski definition) is 4. The molecule has 22 heavy (non-hydrogen) atoms. The fourth-order valence-corrected chi connectivity index (χ4v) is 2.79. The Morgan fingerprint density at radius 1 is 0.909 bits per heavy atom. The molecule has 1 saturated heterocycles. The first-order valence-electron chi connectivity index (χ1n) is 7.66. The molecule has 0 aromatic rings. The average Bonchev–Trinajstić information content (AvgIpc) is 2.94. The third-order valence-corrected chi connectivity index (χ3v) is 3.94. The zero-order valence-corrected chi connectivity index (χ0v) is 13.5. The van der Waals surface area contributed by atoms with Crippen LogP contribution in [0.2, 0.25) is 0 Å². The van der Waals surface area contributed by atoms with Gasteiger partial charge in [-0.05, 0) is 32.6 Å². The molecule has 0 aliphatic carbocycles. The van der Waals surface area contributed by atoms with Gasteiger partial charge in [0.1, 0.15) is 17.9 Å². The molecule has 0 bridgehead atoms. The Hall–Kier alpha value is -1.92. The summed E-state index contributed by atoms with van der Waals surface area (Å²) in [7, 11) is 3.04. The second-order valence-corrected chi connectivity index (χ2v) is 5.55. The highest BCUT2D eigenvalue weighted by molar-refractivity contribution is 5.93. The van der Waals surface area contributed by atoms with Crippen molar-refractivity contribution in [2.75, 3.05) is 14.1 Å². The maximum absolute atomic E-state index is 12.4. The maximum Gasteiger partial charge on any atom is 0.242 e. The molecule has 124 valence electrons. The average molecular weight is 311 g/mol. The molecule has 2 N–H and O–H groups in total. The Kier molecular flexibility index (Phi) is 7.01. The van der Waals surface area contributed by atoms with E-state index in [9.17, 15) is 19.2 Å². The van der Waals surface area contributed by atoms with E-state index in [1.54, 1.807) is 0 Å². The van der Waals surface area contributed by atoms with Crippen molar-refractivity contribution in [3.05, 3.63) is 0 Å². The lowest BCUT2D eigenvalue weighted by Crippen LogP contribution is -2.52. The first-order valence-corrected chi connectivity index (χ1v) is 7.66. The largest absolute Gasteiger partial charge is 0.357 e. The van der Waals surface area contributed by atoms with Gasteiger partial charge in [-0.15, -0.1) is 0 Å². The van der Waals surface area contributed by atoms with E-state index >= 15 is 0 Å². The van der Waals surface area contributed by atoms with Crippen molar-refractivity contribution in [3.63, 3.8) is 0 Å². The van der Waals surface area contributed by atoms with Gasteiger partial charge in [0, 0.05) is 26.9 Å². The minimum atomic E-state index is -0.590. The summed E-state index contributed by atoms with van der Waals surface area (Å²) in [6, 6.07) is -1.18. The third-order valence-electron chi connectivity index (χ3n) is 3.94. The minimum Gasteiger partial charge on any atom is -0.357 e. The van der Waals surface area contributed by atoms with Crippen LogP contribution in [0.1, 0.15) is 45.4 Å². The Balaban J connectivity index is 2.72. The number of Topliss-reactive ketones (excluding diaryl/α,β-unsaturated/α-hetero) is 1. The second kappa shape index (κ2) is 8.51. The molecule has 1 aliphatic heterocycles. The molecular formula is C15H25N3O4. The molecule has 0 aromatic heterocycles. The monoisotopic (exact) mass is 311 g/mol. The number of likely N-dealkylation sites (N-methyl/N-ethyl adjacent to an activating group) is 2. The number of nitrogens with zero attached hydrogens (tertiary/aromatic N) is 1. The number of carbonyl (C=O) groups is 4. The van der Waals surface area contributed by atoms with E-state index in [1.807, 2.05) is 0 Å². The molecule has 1 aliphatic rings. The van der Waals surface area contributed by atoms with Crippen LogP contribution in [0.15, 0.2) is 0 Å².